The Bertz CT molecular complexity index is 312. The van der Waals surface area contributed by atoms with Crippen molar-refractivity contribution in [1.82, 2.24) is 0 Å². The minimum Gasteiger partial charge on any atom is -0.478 e. The second kappa shape index (κ2) is 3.58. The minimum absolute atomic E-state index is 0.305. The van der Waals surface area contributed by atoms with Crippen molar-refractivity contribution < 1.29 is 14.3 Å². The van der Waals surface area contributed by atoms with Gasteiger partial charge in [0.25, 0.3) is 0 Å². The number of hydrogen-bond donors (Lipinski definition) is 2. The number of aromatic carboxylic acids is 1. The Labute approximate surface area is 74.4 Å². The van der Waals surface area contributed by atoms with Gasteiger partial charge in [-0.1, -0.05) is 6.07 Å². The molecule has 1 N–H and O–H groups in total. The van der Waals surface area contributed by atoms with Crippen LogP contribution in [-0.4, -0.2) is 11.1 Å². The first-order valence-corrected chi connectivity index (χ1v) is 3.91. The normalized spacial score (nSPS) is 9.83. The van der Waals surface area contributed by atoms with Gasteiger partial charge in [0.15, 0.2) is 0 Å². The summed E-state index contributed by atoms with van der Waals surface area (Å²) < 4.78 is 12.9. The van der Waals surface area contributed by atoms with E-state index < -0.39 is 11.8 Å². The average molecular weight is 186 g/mol. The topological polar surface area (TPSA) is 37.3 Å². The van der Waals surface area contributed by atoms with Crippen molar-refractivity contribution in [2.75, 3.05) is 0 Å². The Hall–Kier alpha value is -1.03. The first kappa shape index (κ1) is 9.06. The average Bonchev–Trinajstić information content (AvgIpc) is 2.03. The van der Waals surface area contributed by atoms with Crippen molar-refractivity contribution >= 4 is 18.6 Å². The highest BCUT2D eigenvalue weighted by Crippen LogP contribution is 2.11. The van der Waals surface area contributed by atoms with Crippen LogP contribution in [0.2, 0.25) is 0 Å². The van der Waals surface area contributed by atoms with Crippen LogP contribution < -0.4 is 0 Å². The summed E-state index contributed by atoms with van der Waals surface area (Å²) in [5.41, 5.74) is 0.362. The van der Waals surface area contributed by atoms with E-state index in [2.05, 4.69) is 12.6 Å². The van der Waals surface area contributed by atoms with E-state index in [9.17, 15) is 9.18 Å². The summed E-state index contributed by atoms with van der Waals surface area (Å²) in [6, 6.07) is 3.96. The van der Waals surface area contributed by atoms with Crippen molar-refractivity contribution in [3.8, 4) is 0 Å². The van der Waals surface area contributed by atoms with Crippen molar-refractivity contribution in [3.63, 3.8) is 0 Å². The SMILES string of the molecule is O=C(O)c1ccc(CS)cc1F. The molecule has 0 spiro atoms. The van der Waals surface area contributed by atoms with Crippen LogP contribution in [-0.2, 0) is 5.75 Å². The van der Waals surface area contributed by atoms with Gasteiger partial charge in [0.05, 0.1) is 5.56 Å². The van der Waals surface area contributed by atoms with Gasteiger partial charge in [0.1, 0.15) is 5.82 Å². The first-order valence-electron chi connectivity index (χ1n) is 3.27. The van der Waals surface area contributed by atoms with E-state index in [1.54, 1.807) is 6.07 Å². The van der Waals surface area contributed by atoms with Gasteiger partial charge in [-0.25, -0.2) is 9.18 Å². The predicted molar refractivity (Wildman–Crippen MR) is 46.0 cm³/mol. The molecule has 64 valence electrons. The quantitative estimate of drug-likeness (QED) is 0.693. The maximum absolute atomic E-state index is 12.9. The monoisotopic (exact) mass is 186 g/mol. The molecule has 0 saturated heterocycles. The Morgan fingerprint density at radius 3 is 2.67 bits per heavy atom. The largest absolute Gasteiger partial charge is 0.478 e. The predicted octanol–water partition coefficient (Wildman–Crippen LogP) is 1.95. The van der Waals surface area contributed by atoms with Crippen molar-refractivity contribution in [2.45, 2.75) is 5.75 Å². The molecule has 1 rings (SSSR count). The maximum Gasteiger partial charge on any atom is 0.338 e. The summed E-state index contributed by atoms with van der Waals surface area (Å²) in [5.74, 6) is -1.57. The number of hydrogen-bond acceptors (Lipinski definition) is 2. The molecule has 1 aromatic rings. The van der Waals surface area contributed by atoms with E-state index in [0.29, 0.717) is 11.3 Å². The zero-order valence-corrected chi connectivity index (χ0v) is 7.01. The Morgan fingerprint density at radius 1 is 1.58 bits per heavy atom. The molecule has 0 aliphatic heterocycles. The van der Waals surface area contributed by atoms with E-state index in [-0.39, 0.29) is 5.56 Å². The highest BCUT2D eigenvalue weighted by molar-refractivity contribution is 7.79. The molecule has 12 heavy (non-hydrogen) atoms. The van der Waals surface area contributed by atoms with Crippen LogP contribution in [0.1, 0.15) is 15.9 Å². The lowest BCUT2D eigenvalue weighted by atomic mass is 10.1. The minimum atomic E-state index is -1.25. The molecule has 0 heterocycles. The van der Waals surface area contributed by atoms with Crippen LogP contribution in [0.3, 0.4) is 0 Å². The number of carboxylic acids is 1. The highest BCUT2D eigenvalue weighted by atomic mass is 32.1. The van der Waals surface area contributed by atoms with E-state index in [0.717, 1.165) is 0 Å². The van der Waals surface area contributed by atoms with Gasteiger partial charge < -0.3 is 5.11 Å². The Balaban J connectivity index is 3.12. The van der Waals surface area contributed by atoms with E-state index in [4.69, 9.17) is 5.11 Å². The van der Waals surface area contributed by atoms with E-state index in [1.807, 2.05) is 0 Å². The third-order valence-corrected chi connectivity index (χ3v) is 1.81. The highest BCUT2D eigenvalue weighted by Gasteiger charge is 2.09. The molecular formula is C8H7FO2S. The maximum atomic E-state index is 12.9. The van der Waals surface area contributed by atoms with Gasteiger partial charge in [0.2, 0.25) is 0 Å². The molecule has 0 fully saturated rings. The smallest absolute Gasteiger partial charge is 0.338 e. The fourth-order valence-corrected chi connectivity index (χ4v) is 1.03. The Morgan fingerprint density at radius 2 is 2.25 bits per heavy atom. The number of carbonyl (C=O) groups is 1. The molecule has 4 heteroatoms. The zero-order valence-electron chi connectivity index (χ0n) is 6.12. The summed E-state index contributed by atoms with van der Waals surface area (Å²) in [5, 5.41) is 8.47. The van der Waals surface area contributed by atoms with Crippen molar-refractivity contribution in [2.24, 2.45) is 0 Å². The van der Waals surface area contributed by atoms with E-state index in [1.165, 1.54) is 12.1 Å². The summed E-state index contributed by atoms with van der Waals surface area (Å²) in [6.45, 7) is 0. The molecular weight excluding hydrogens is 179 g/mol. The molecule has 0 aliphatic carbocycles. The first-order chi connectivity index (χ1) is 5.65. The van der Waals surface area contributed by atoms with Gasteiger partial charge in [-0.2, -0.15) is 12.6 Å². The molecule has 0 atom stereocenters. The van der Waals surface area contributed by atoms with Crippen molar-refractivity contribution in [3.05, 3.63) is 35.1 Å². The van der Waals surface area contributed by atoms with Crippen LogP contribution in [0, 0.1) is 5.82 Å². The van der Waals surface area contributed by atoms with Gasteiger partial charge in [-0.15, -0.1) is 0 Å². The summed E-state index contributed by atoms with van der Waals surface area (Å²) in [4.78, 5) is 10.4. The third kappa shape index (κ3) is 1.76. The van der Waals surface area contributed by atoms with Gasteiger partial charge in [-0.3, -0.25) is 0 Å². The van der Waals surface area contributed by atoms with Gasteiger partial charge in [-0.05, 0) is 17.7 Å². The lowest BCUT2D eigenvalue weighted by molar-refractivity contribution is 0.0692. The molecule has 0 amide bonds. The summed E-state index contributed by atoms with van der Waals surface area (Å²) >= 11 is 3.93. The number of halogens is 1. The number of benzene rings is 1. The molecule has 0 aliphatic rings. The molecule has 0 aromatic heterocycles. The number of rotatable bonds is 2. The summed E-state index contributed by atoms with van der Waals surface area (Å²) in [6.07, 6.45) is 0. The van der Waals surface area contributed by atoms with E-state index >= 15 is 0 Å². The van der Waals surface area contributed by atoms with Gasteiger partial charge >= 0.3 is 5.97 Å². The Kier molecular flexibility index (Phi) is 2.70. The van der Waals surface area contributed by atoms with Gasteiger partial charge in [0, 0.05) is 5.75 Å². The molecule has 0 bridgehead atoms. The van der Waals surface area contributed by atoms with Crippen LogP contribution in [0.4, 0.5) is 4.39 Å². The molecule has 2 nitrogen and oxygen atoms in total. The second-order valence-electron chi connectivity index (χ2n) is 2.28. The molecule has 0 saturated carbocycles. The molecule has 0 unspecified atom stereocenters. The number of thiol groups is 1. The zero-order chi connectivity index (χ0) is 9.14. The number of carboxylic acid groups (broad SMARTS) is 1. The van der Waals surface area contributed by atoms with Crippen LogP contribution in [0.5, 0.6) is 0 Å². The lowest BCUT2D eigenvalue weighted by Gasteiger charge is -1.99. The summed E-state index contributed by atoms with van der Waals surface area (Å²) in [7, 11) is 0. The fraction of sp³-hybridized carbons (Fsp3) is 0.125. The third-order valence-electron chi connectivity index (χ3n) is 1.45. The second-order valence-corrected chi connectivity index (χ2v) is 2.59. The van der Waals surface area contributed by atoms with Crippen LogP contribution in [0.25, 0.3) is 0 Å². The van der Waals surface area contributed by atoms with Crippen LogP contribution in [0.15, 0.2) is 18.2 Å². The standard InChI is InChI=1S/C8H7FO2S/c9-7-3-5(4-12)1-2-6(7)8(10)11/h1-3,12H,4H2,(H,10,11). The fourth-order valence-electron chi connectivity index (χ4n) is 0.830. The van der Waals surface area contributed by atoms with Crippen LogP contribution >= 0.6 is 12.6 Å². The lowest BCUT2D eigenvalue weighted by Crippen LogP contribution is -2.00. The molecule has 1 aromatic carbocycles. The van der Waals surface area contributed by atoms with Crippen molar-refractivity contribution in [1.29, 1.82) is 0 Å². The molecule has 0 radical (unpaired) electrons.